The Kier molecular flexibility index (Phi) is 7.83. The third kappa shape index (κ3) is 5.44. The number of carbonyl (C=O) groups excluding carboxylic acids is 2. The van der Waals surface area contributed by atoms with Gasteiger partial charge in [0.25, 0.3) is 5.91 Å². The maximum atomic E-state index is 12.8. The first-order chi connectivity index (χ1) is 15.2. The van der Waals surface area contributed by atoms with E-state index in [0.29, 0.717) is 32.8 Å². The molecule has 1 heterocycles. The number of carbonyl (C=O) groups is 2. The van der Waals surface area contributed by atoms with Crippen LogP contribution in [0.25, 0.3) is 6.08 Å². The zero-order chi connectivity index (χ0) is 23.4. The third-order valence-corrected chi connectivity index (χ3v) is 6.26. The van der Waals surface area contributed by atoms with Crippen molar-refractivity contribution in [3.63, 3.8) is 0 Å². The summed E-state index contributed by atoms with van der Waals surface area (Å²) >= 11 is 3.46. The summed E-state index contributed by atoms with van der Waals surface area (Å²) < 4.78 is 17.0. The van der Waals surface area contributed by atoms with Crippen molar-refractivity contribution in [2.45, 2.75) is 20.0 Å². The number of nitrogens with zero attached hydrogens (tertiary/aromatic N) is 2. The molecule has 0 radical (unpaired) electrons. The quantitative estimate of drug-likeness (QED) is 0.275. The fraction of sp³-hybridized carbons (Fsp3) is 0.261. The zero-order valence-electron chi connectivity index (χ0n) is 18.3. The minimum Gasteiger partial charge on any atom is -0.493 e. The van der Waals surface area contributed by atoms with E-state index in [9.17, 15) is 9.59 Å². The van der Waals surface area contributed by atoms with Gasteiger partial charge in [-0.3, -0.25) is 9.69 Å². The van der Waals surface area contributed by atoms with Crippen LogP contribution in [0.3, 0.4) is 0 Å². The summed E-state index contributed by atoms with van der Waals surface area (Å²) in [6.07, 6.45) is 1.82. The number of methoxy groups -OCH3 is 2. The topological polar surface area (TPSA) is 77.4 Å². The number of ether oxygens (including phenoxy) is 3. The summed E-state index contributed by atoms with van der Waals surface area (Å²) in [4.78, 5) is 31.1. The van der Waals surface area contributed by atoms with Crippen LogP contribution in [0.1, 0.15) is 29.8 Å². The van der Waals surface area contributed by atoms with Crippen LogP contribution >= 0.6 is 34.4 Å². The molecule has 1 fully saturated rings. The van der Waals surface area contributed by atoms with Gasteiger partial charge < -0.3 is 14.2 Å². The van der Waals surface area contributed by atoms with Crippen LogP contribution in [-0.2, 0) is 9.53 Å². The molecule has 9 heteroatoms. The molecule has 0 aromatic heterocycles. The molecule has 1 aliphatic heterocycles. The Morgan fingerprint density at radius 3 is 2.62 bits per heavy atom. The number of hydrogen-bond acceptors (Lipinski definition) is 7. The number of halogens is 1. The van der Waals surface area contributed by atoms with Gasteiger partial charge in [0, 0.05) is 7.05 Å². The van der Waals surface area contributed by atoms with Crippen molar-refractivity contribution in [2.75, 3.05) is 21.3 Å². The predicted octanol–water partition coefficient (Wildman–Crippen LogP) is 5.11. The molecule has 0 bridgehead atoms. The molecule has 32 heavy (non-hydrogen) atoms. The number of hydrogen-bond donors (Lipinski definition) is 0. The Morgan fingerprint density at radius 1 is 1.22 bits per heavy atom. The Labute approximate surface area is 205 Å². The molecule has 1 aliphatic rings. The highest BCUT2D eigenvalue weighted by Gasteiger charge is 2.30. The van der Waals surface area contributed by atoms with Crippen LogP contribution in [0.5, 0.6) is 11.5 Å². The van der Waals surface area contributed by atoms with E-state index in [4.69, 9.17) is 14.2 Å². The lowest BCUT2D eigenvalue weighted by Crippen LogP contribution is -2.23. The number of amides is 1. The normalized spacial score (nSPS) is 16.2. The Bertz CT molecular complexity index is 1110. The van der Waals surface area contributed by atoms with E-state index >= 15 is 0 Å². The monoisotopic (exact) mass is 566 g/mol. The summed E-state index contributed by atoms with van der Waals surface area (Å²) in [7, 11) is 4.59. The van der Waals surface area contributed by atoms with Gasteiger partial charge in [0.15, 0.2) is 16.7 Å². The maximum absolute atomic E-state index is 12.8. The molecule has 0 N–H and O–H groups in total. The summed E-state index contributed by atoms with van der Waals surface area (Å²) in [5, 5.41) is 0.518. The first kappa shape index (κ1) is 24.1. The van der Waals surface area contributed by atoms with Gasteiger partial charge in [0.05, 0.1) is 40.0 Å². The second-order valence-electron chi connectivity index (χ2n) is 7.11. The van der Waals surface area contributed by atoms with Crippen molar-refractivity contribution < 1.29 is 23.8 Å². The Morgan fingerprint density at radius 2 is 1.97 bits per heavy atom. The van der Waals surface area contributed by atoms with Gasteiger partial charge >= 0.3 is 5.97 Å². The van der Waals surface area contributed by atoms with E-state index in [2.05, 4.69) is 27.6 Å². The predicted molar refractivity (Wildman–Crippen MR) is 135 cm³/mol. The van der Waals surface area contributed by atoms with Crippen LogP contribution in [0.4, 0.5) is 5.69 Å². The maximum Gasteiger partial charge on any atom is 0.337 e. The summed E-state index contributed by atoms with van der Waals surface area (Å²) in [6, 6.07) is 10.5. The average Bonchev–Trinajstić information content (AvgIpc) is 3.02. The van der Waals surface area contributed by atoms with Gasteiger partial charge in [-0.1, -0.05) is 6.07 Å². The average molecular weight is 566 g/mol. The van der Waals surface area contributed by atoms with E-state index < -0.39 is 5.97 Å². The Balaban J connectivity index is 1.91. The number of rotatable bonds is 6. The van der Waals surface area contributed by atoms with Crippen LogP contribution in [0, 0.1) is 3.57 Å². The number of esters is 1. The first-order valence-electron chi connectivity index (χ1n) is 9.72. The van der Waals surface area contributed by atoms with E-state index in [1.54, 1.807) is 44.5 Å². The molecule has 0 spiro atoms. The smallest absolute Gasteiger partial charge is 0.337 e. The standard InChI is InChI=1S/C23H23IN2O5S/c1-13(2)31-20-17(24)9-14(10-18(20)29-4)11-19-21(27)26(3)23(32-19)25-16-8-6-7-15(12-16)22(28)30-5/h6-13H,1-5H3. The molecule has 2 aromatic carbocycles. The summed E-state index contributed by atoms with van der Waals surface area (Å²) in [5.74, 6) is 0.689. The molecule has 3 rings (SSSR count). The third-order valence-electron chi connectivity index (χ3n) is 4.40. The molecule has 0 aliphatic carbocycles. The van der Waals surface area contributed by atoms with Crippen LogP contribution in [0.2, 0.25) is 0 Å². The number of aliphatic imine (C=N–C) groups is 1. The fourth-order valence-electron chi connectivity index (χ4n) is 2.91. The van der Waals surface area contributed by atoms with Gasteiger partial charge in [-0.15, -0.1) is 0 Å². The molecule has 7 nitrogen and oxygen atoms in total. The van der Waals surface area contributed by atoms with Gasteiger partial charge in [-0.25, -0.2) is 9.79 Å². The van der Waals surface area contributed by atoms with Crippen LogP contribution < -0.4 is 9.47 Å². The Hall–Kier alpha value is -2.53. The minimum absolute atomic E-state index is 0.0127. The SMILES string of the molecule is COC(=O)c1cccc(N=C2SC(=Cc3cc(I)c(OC(C)C)c(OC)c3)C(=O)N2C)c1. The summed E-state index contributed by atoms with van der Waals surface area (Å²) in [5.41, 5.74) is 1.77. The highest BCUT2D eigenvalue weighted by Crippen LogP contribution is 2.38. The van der Waals surface area contributed by atoms with Crippen molar-refractivity contribution in [1.82, 2.24) is 4.90 Å². The molecule has 0 atom stereocenters. The zero-order valence-corrected chi connectivity index (χ0v) is 21.3. The van der Waals surface area contributed by atoms with Gasteiger partial charge in [-0.2, -0.15) is 0 Å². The number of likely N-dealkylation sites (N-methyl/N-ethyl adjacent to an activating group) is 1. The second-order valence-corrected chi connectivity index (χ2v) is 9.28. The summed E-state index contributed by atoms with van der Waals surface area (Å²) in [6.45, 7) is 3.91. The lowest BCUT2D eigenvalue weighted by molar-refractivity contribution is -0.121. The molecular formula is C23H23IN2O5S. The van der Waals surface area contributed by atoms with Crippen molar-refractivity contribution in [2.24, 2.45) is 4.99 Å². The van der Waals surface area contributed by atoms with Gasteiger partial charge in [0.2, 0.25) is 0 Å². The van der Waals surface area contributed by atoms with Crippen LogP contribution in [0.15, 0.2) is 46.3 Å². The lowest BCUT2D eigenvalue weighted by atomic mass is 10.2. The van der Waals surface area contributed by atoms with Gasteiger partial charge in [-0.05, 0) is 90.2 Å². The highest BCUT2D eigenvalue weighted by molar-refractivity contribution is 14.1. The van der Waals surface area contributed by atoms with Crippen molar-refractivity contribution in [1.29, 1.82) is 0 Å². The van der Waals surface area contributed by atoms with E-state index in [1.165, 1.54) is 23.8 Å². The molecule has 168 valence electrons. The molecular weight excluding hydrogens is 543 g/mol. The van der Waals surface area contributed by atoms with E-state index in [0.717, 1.165) is 9.13 Å². The molecule has 0 saturated carbocycles. The molecule has 1 saturated heterocycles. The number of thioether (sulfide) groups is 1. The highest BCUT2D eigenvalue weighted by atomic mass is 127. The number of amidine groups is 1. The fourth-order valence-corrected chi connectivity index (χ4v) is 4.65. The van der Waals surface area contributed by atoms with Crippen molar-refractivity contribution in [3.8, 4) is 11.5 Å². The van der Waals surface area contributed by atoms with Crippen LogP contribution in [-0.4, -0.2) is 49.3 Å². The largest absolute Gasteiger partial charge is 0.493 e. The molecule has 0 unspecified atom stereocenters. The first-order valence-corrected chi connectivity index (χ1v) is 11.6. The van der Waals surface area contributed by atoms with E-state index in [1.807, 2.05) is 26.0 Å². The molecule has 2 aromatic rings. The van der Waals surface area contributed by atoms with Gasteiger partial charge in [0.1, 0.15) is 0 Å². The lowest BCUT2D eigenvalue weighted by Gasteiger charge is -2.16. The van der Waals surface area contributed by atoms with Crippen molar-refractivity contribution >= 4 is 63.2 Å². The second kappa shape index (κ2) is 10.4. The number of benzene rings is 2. The minimum atomic E-state index is -0.440. The van der Waals surface area contributed by atoms with E-state index in [-0.39, 0.29) is 12.0 Å². The molecule has 1 amide bonds. The van der Waals surface area contributed by atoms with Crippen molar-refractivity contribution in [3.05, 3.63) is 56.0 Å².